The first-order chi connectivity index (χ1) is 8.84. The highest BCUT2D eigenvalue weighted by Crippen LogP contribution is 2.28. The Morgan fingerprint density at radius 1 is 1.22 bits per heavy atom. The Kier molecular flexibility index (Phi) is 3.13. The van der Waals surface area contributed by atoms with E-state index in [1.54, 1.807) is 0 Å². The summed E-state index contributed by atoms with van der Waals surface area (Å²) in [5.74, 6) is -0.00264. The molecule has 92 valence electrons. The molecule has 1 aliphatic rings. The SMILES string of the molecule is O=C(NC1COC1)c1sccc1-c1ccccc1. The Labute approximate surface area is 109 Å². The van der Waals surface area contributed by atoms with Gasteiger partial charge < -0.3 is 10.1 Å². The summed E-state index contributed by atoms with van der Waals surface area (Å²) in [6, 6.07) is 12.1. The molecular formula is C14H13NO2S. The van der Waals surface area contributed by atoms with Gasteiger partial charge in [0.05, 0.1) is 24.1 Å². The van der Waals surface area contributed by atoms with Gasteiger partial charge in [-0.05, 0) is 17.0 Å². The van der Waals surface area contributed by atoms with E-state index >= 15 is 0 Å². The van der Waals surface area contributed by atoms with Crippen LogP contribution in [0, 0.1) is 0 Å². The lowest BCUT2D eigenvalue weighted by atomic mass is 10.1. The van der Waals surface area contributed by atoms with Crippen molar-refractivity contribution in [2.45, 2.75) is 6.04 Å². The third-order valence-electron chi connectivity index (χ3n) is 2.93. The smallest absolute Gasteiger partial charge is 0.262 e. The second kappa shape index (κ2) is 4.92. The summed E-state index contributed by atoms with van der Waals surface area (Å²) in [5.41, 5.74) is 2.08. The first-order valence-electron chi connectivity index (χ1n) is 5.86. The highest BCUT2D eigenvalue weighted by molar-refractivity contribution is 7.12. The van der Waals surface area contributed by atoms with E-state index in [0.717, 1.165) is 16.0 Å². The van der Waals surface area contributed by atoms with Crippen LogP contribution < -0.4 is 5.32 Å². The van der Waals surface area contributed by atoms with Crippen molar-refractivity contribution in [2.24, 2.45) is 0 Å². The van der Waals surface area contributed by atoms with Crippen molar-refractivity contribution in [3.63, 3.8) is 0 Å². The van der Waals surface area contributed by atoms with Gasteiger partial charge in [0.25, 0.3) is 5.91 Å². The molecule has 0 atom stereocenters. The van der Waals surface area contributed by atoms with Gasteiger partial charge in [-0.2, -0.15) is 0 Å². The molecular weight excluding hydrogens is 246 g/mol. The molecule has 1 aromatic heterocycles. The molecule has 0 bridgehead atoms. The van der Waals surface area contributed by atoms with E-state index in [1.807, 2.05) is 41.8 Å². The van der Waals surface area contributed by atoms with E-state index in [2.05, 4.69) is 5.32 Å². The molecule has 0 saturated carbocycles. The molecule has 1 aliphatic heterocycles. The topological polar surface area (TPSA) is 38.3 Å². The summed E-state index contributed by atoms with van der Waals surface area (Å²) in [5, 5.41) is 4.93. The number of nitrogens with one attached hydrogen (secondary N) is 1. The Hall–Kier alpha value is -1.65. The number of rotatable bonds is 3. The van der Waals surface area contributed by atoms with Crippen LogP contribution in [0.1, 0.15) is 9.67 Å². The number of amides is 1. The van der Waals surface area contributed by atoms with Crippen LogP contribution in [0.3, 0.4) is 0 Å². The zero-order valence-corrected chi connectivity index (χ0v) is 10.6. The summed E-state index contributed by atoms with van der Waals surface area (Å²) in [4.78, 5) is 12.9. The fraction of sp³-hybridized carbons (Fsp3) is 0.214. The molecule has 2 heterocycles. The maximum atomic E-state index is 12.1. The predicted octanol–water partition coefficient (Wildman–Crippen LogP) is 2.54. The van der Waals surface area contributed by atoms with Crippen LogP contribution in [0.2, 0.25) is 0 Å². The van der Waals surface area contributed by atoms with E-state index < -0.39 is 0 Å². The van der Waals surface area contributed by atoms with E-state index in [1.165, 1.54) is 11.3 Å². The number of ether oxygens (including phenoxy) is 1. The largest absolute Gasteiger partial charge is 0.377 e. The van der Waals surface area contributed by atoms with Crippen LogP contribution in [0.4, 0.5) is 0 Å². The second-order valence-electron chi connectivity index (χ2n) is 4.24. The van der Waals surface area contributed by atoms with E-state index in [0.29, 0.717) is 13.2 Å². The van der Waals surface area contributed by atoms with Crippen molar-refractivity contribution in [3.8, 4) is 11.1 Å². The first kappa shape index (κ1) is 11.4. The highest BCUT2D eigenvalue weighted by atomic mass is 32.1. The molecule has 4 heteroatoms. The summed E-state index contributed by atoms with van der Waals surface area (Å²) in [6.45, 7) is 1.25. The van der Waals surface area contributed by atoms with Crippen molar-refractivity contribution in [1.82, 2.24) is 5.32 Å². The number of benzene rings is 1. The van der Waals surface area contributed by atoms with Gasteiger partial charge >= 0.3 is 0 Å². The summed E-state index contributed by atoms with van der Waals surface area (Å²) in [7, 11) is 0. The number of hydrogen-bond donors (Lipinski definition) is 1. The highest BCUT2D eigenvalue weighted by Gasteiger charge is 2.23. The molecule has 1 aromatic carbocycles. The normalized spacial score (nSPS) is 15.1. The van der Waals surface area contributed by atoms with Crippen LogP contribution >= 0.6 is 11.3 Å². The molecule has 3 rings (SSSR count). The standard InChI is InChI=1S/C14H13NO2S/c16-14(15-11-8-17-9-11)13-12(6-7-18-13)10-4-2-1-3-5-10/h1-7,11H,8-9H2,(H,15,16). The second-order valence-corrected chi connectivity index (χ2v) is 5.15. The molecule has 3 nitrogen and oxygen atoms in total. The van der Waals surface area contributed by atoms with Gasteiger partial charge in [-0.25, -0.2) is 0 Å². The summed E-state index contributed by atoms with van der Waals surface area (Å²) < 4.78 is 5.06. The minimum Gasteiger partial charge on any atom is -0.377 e. The molecule has 18 heavy (non-hydrogen) atoms. The van der Waals surface area contributed by atoms with Gasteiger partial charge in [0.15, 0.2) is 0 Å². The van der Waals surface area contributed by atoms with Crippen LogP contribution in [0.15, 0.2) is 41.8 Å². The monoisotopic (exact) mass is 259 g/mol. The fourth-order valence-corrected chi connectivity index (χ4v) is 2.72. The van der Waals surface area contributed by atoms with Crippen molar-refractivity contribution in [3.05, 3.63) is 46.7 Å². The average molecular weight is 259 g/mol. The fourth-order valence-electron chi connectivity index (χ4n) is 1.90. The van der Waals surface area contributed by atoms with Crippen molar-refractivity contribution in [2.75, 3.05) is 13.2 Å². The minimum atomic E-state index is -0.00264. The Balaban J connectivity index is 1.84. The van der Waals surface area contributed by atoms with Gasteiger partial charge in [-0.3, -0.25) is 4.79 Å². The Morgan fingerprint density at radius 2 is 2.00 bits per heavy atom. The maximum Gasteiger partial charge on any atom is 0.262 e. The van der Waals surface area contributed by atoms with E-state index in [4.69, 9.17) is 4.74 Å². The molecule has 1 fully saturated rings. The van der Waals surface area contributed by atoms with Crippen LogP contribution in [-0.4, -0.2) is 25.2 Å². The quantitative estimate of drug-likeness (QED) is 0.920. The zero-order valence-electron chi connectivity index (χ0n) is 9.76. The van der Waals surface area contributed by atoms with Crippen molar-refractivity contribution < 1.29 is 9.53 Å². The minimum absolute atomic E-state index is 0.00264. The Morgan fingerprint density at radius 3 is 2.67 bits per heavy atom. The maximum absolute atomic E-state index is 12.1. The lowest BCUT2D eigenvalue weighted by Crippen LogP contribution is -2.48. The molecule has 2 aromatic rings. The van der Waals surface area contributed by atoms with Crippen molar-refractivity contribution >= 4 is 17.2 Å². The average Bonchev–Trinajstić information content (AvgIpc) is 2.84. The number of hydrogen-bond acceptors (Lipinski definition) is 3. The van der Waals surface area contributed by atoms with E-state index in [9.17, 15) is 4.79 Å². The molecule has 1 N–H and O–H groups in total. The molecule has 0 unspecified atom stereocenters. The van der Waals surface area contributed by atoms with Gasteiger partial charge in [-0.15, -0.1) is 11.3 Å². The predicted molar refractivity (Wildman–Crippen MR) is 71.8 cm³/mol. The first-order valence-corrected chi connectivity index (χ1v) is 6.74. The molecule has 0 spiro atoms. The molecule has 0 radical (unpaired) electrons. The number of carbonyl (C=O) groups is 1. The molecule has 0 aliphatic carbocycles. The Bertz CT molecular complexity index is 546. The number of thiophene rings is 1. The number of carbonyl (C=O) groups excluding carboxylic acids is 1. The van der Waals surface area contributed by atoms with Gasteiger partial charge in [0.1, 0.15) is 0 Å². The van der Waals surface area contributed by atoms with Crippen LogP contribution in [0.5, 0.6) is 0 Å². The lowest BCUT2D eigenvalue weighted by molar-refractivity contribution is -0.00337. The van der Waals surface area contributed by atoms with Gasteiger partial charge in [-0.1, -0.05) is 30.3 Å². The zero-order chi connectivity index (χ0) is 12.4. The van der Waals surface area contributed by atoms with Gasteiger partial charge in [0, 0.05) is 5.56 Å². The van der Waals surface area contributed by atoms with Crippen molar-refractivity contribution in [1.29, 1.82) is 0 Å². The third-order valence-corrected chi connectivity index (χ3v) is 3.84. The lowest BCUT2D eigenvalue weighted by Gasteiger charge is -2.26. The van der Waals surface area contributed by atoms with E-state index in [-0.39, 0.29) is 11.9 Å². The summed E-state index contributed by atoms with van der Waals surface area (Å²) in [6.07, 6.45) is 0. The molecule has 1 amide bonds. The van der Waals surface area contributed by atoms with Crippen LogP contribution in [-0.2, 0) is 4.74 Å². The van der Waals surface area contributed by atoms with Crippen LogP contribution in [0.25, 0.3) is 11.1 Å². The van der Waals surface area contributed by atoms with Gasteiger partial charge in [0.2, 0.25) is 0 Å². The molecule has 1 saturated heterocycles. The third kappa shape index (κ3) is 2.17. The summed E-state index contributed by atoms with van der Waals surface area (Å²) >= 11 is 1.48.